The molecular weight excluding hydrogens is 214 g/mol. The van der Waals surface area contributed by atoms with E-state index in [1.54, 1.807) is 13.0 Å². The van der Waals surface area contributed by atoms with Crippen molar-refractivity contribution in [2.24, 2.45) is 0 Å². The largest absolute Gasteiger partial charge is 0.275 e. The highest BCUT2D eigenvalue weighted by atomic mass is 16.2. The first-order chi connectivity index (χ1) is 8.19. The molecule has 86 valence electrons. The fourth-order valence-corrected chi connectivity index (χ4v) is 1.92. The third kappa shape index (κ3) is 1.80. The van der Waals surface area contributed by atoms with Crippen LogP contribution in [0.5, 0.6) is 0 Å². The third-order valence-corrected chi connectivity index (χ3v) is 2.80. The Morgan fingerprint density at radius 1 is 1.29 bits per heavy atom. The van der Waals surface area contributed by atoms with Crippen molar-refractivity contribution in [3.63, 3.8) is 0 Å². The van der Waals surface area contributed by atoms with Gasteiger partial charge >= 0.3 is 0 Å². The van der Waals surface area contributed by atoms with E-state index in [1.807, 2.05) is 24.3 Å². The highest BCUT2D eigenvalue weighted by Crippen LogP contribution is 2.26. The van der Waals surface area contributed by atoms with Crippen molar-refractivity contribution >= 4 is 23.5 Å². The average molecular weight is 227 g/mol. The van der Waals surface area contributed by atoms with Gasteiger partial charge in [0.2, 0.25) is 0 Å². The first kappa shape index (κ1) is 11.3. The summed E-state index contributed by atoms with van der Waals surface area (Å²) in [5.74, 6) is -0.474. The van der Waals surface area contributed by atoms with Crippen LogP contribution in [0.15, 0.2) is 36.9 Å². The molecule has 0 spiro atoms. The van der Waals surface area contributed by atoms with Gasteiger partial charge in [0.05, 0.1) is 5.57 Å². The molecule has 3 heteroatoms. The Morgan fingerprint density at radius 2 is 2.00 bits per heavy atom. The fourth-order valence-electron chi connectivity index (χ4n) is 1.92. The number of rotatable bonds is 3. The molecule has 2 rings (SSSR count). The van der Waals surface area contributed by atoms with Crippen LogP contribution in [0.2, 0.25) is 0 Å². The maximum absolute atomic E-state index is 12.0. The van der Waals surface area contributed by atoms with E-state index in [4.69, 9.17) is 0 Å². The Morgan fingerprint density at radius 3 is 2.59 bits per heavy atom. The molecule has 1 heterocycles. The lowest BCUT2D eigenvalue weighted by atomic mass is 10.00. The Kier molecular flexibility index (Phi) is 2.91. The molecule has 2 amide bonds. The highest BCUT2D eigenvalue weighted by molar-refractivity contribution is 6.33. The number of imide groups is 1. The molecule has 0 saturated heterocycles. The van der Waals surface area contributed by atoms with E-state index in [2.05, 4.69) is 6.58 Å². The Bertz CT molecular complexity index is 529. The van der Waals surface area contributed by atoms with Crippen molar-refractivity contribution in [1.29, 1.82) is 0 Å². The number of hydrogen-bond acceptors (Lipinski definition) is 2. The number of hydrogen-bond donors (Lipinski definition) is 0. The first-order valence-corrected chi connectivity index (χ1v) is 5.48. The summed E-state index contributed by atoms with van der Waals surface area (Å²) in [6.07, 6.45) is 3.08. The van der Waals surface area contributed by atoms with E-state index in [9.17, 15) is 9.59 Å². The van der Waals surface area contributed by atoms with Crippen molar-refractivity contribution in [2.45, 2.75) is 6.92 Å². The maximum atomic E-state index is 12.0. The smallest absolute Gasteiger partial charge is 0.261 e. The highest BCUT2D eigenvalue weighted by Gasteiger charge is 2.30. The minimum absolute atomic E-state index is 0.230. The summed E-state index contributed by atoms with van der Waals surface area (Å²) in [7, 11) is 0. The summed E-state index contributed by atoms with van der Waals surface area (Å²) in [6, 6.07) is 7.41. The van der Waals surface area contributed by atoms with E-state index >= 15 is 0 Å². The van der Waals surface area contributed by atoms with Crippen molar-refractivity contribution < 1.29 is 9.59 Å². The molecule has 0 aromatic heterocycles. The summed E-state index contributed by atoms with van der Waals surface area (Å²) in [5, 5.41) is 0. The normalized spacial score (nSPS) is 15.1. The second kappa shape index (κ2) is 4.37. The van der Waals surface area contributed by atoms with Crippen LogP contribution < -0.4 is 0 Å². The van der Waals surface area contributed by atoms with Crippen LogP contribution in [-0.4, -0.2) is 23.3 Å². The van der Waals surface area contributed by atoms with Crippen LogP contribution in [0, 0.1) is 0 Å². The minimum atomic E-state index is -0.244. The summed E-state index contributed by atoms with van der Waals surface area (Å²) >= 11 is 0. The first-order valence-electron chi connectivity index (χ1n) is 5.48. The lowest BCUT2D eigenvalue weighted by molar-refractivity contribution is -0.136. The number of carbonyl (C=O) groups excluding carboxylic acids is 2. The molecule has 1 aliphatic rings. The third-order valence-electron chi connectivity index (χ3n) is 2.80. The van der Waals surface area contributed by atoms with Gasteiger partial charge < -0.3 is 0 Å². The molecule has 0 bridgehead atoms. The van der Waals surface area contributed by atoms with Crippen molar-refractivity contribution in [2.75, 3.05) is 6.54 Å². The van der Waals surface area contributed by atoms with Gasteiger partial charge in [-0.25, -0.2) is 0 Å². The summed E-state index contributed by atoms with van der Waals surface area (Å²) < 4.78 is 0. The van der Waals surface area contributed by atoms with Crippen molar-refractivity contribution in [3.8, 4) is 0 Å². The Labute approximate surface area is 100 Å². The van der Waals surface area contributed by atoms with Crippen LogP contribution >= 0.6 is 0 Å². The van der Waals surface area contributed by atoms with Gasteiger partial charge in [-0.15, -0.1) is 0 Å². The second-order valence-electron chi connectivity index (χ2n) is 3.74. The molecule has 3 nitrogen and oxygen atoms in total. The molecule has 0 unspecified atom stereocenters. The molecule has 0 radical (unpaired) electrons. The summed E-state index contributed by atoms with van der Waals surface area (Å²) in [4.78, 5) is 24.9. The van der Waals surface area contributed by atoms with E-state index in [1.165, 1.54) is 11.0 Å². The number of nitrogens with zero attached hydrogens (tertiary/aromatic N) is 1. The summed E-state index contributed by atoms with van der Waals surface area (Å²) in [6.45, 7) is 5.89. The van der Waals surface area contributed by atoms with E-state index in [0.717, 1.165) is 11.1 Å². The molecule has 17 heavy (non-hydrogen) atoms. The zero-order chi connectivity index (χ0) is 12.4. The molecular formula is C14H13NO2. The lowest BCUT2D eigenvalue weighted by Gasteiger charge is -2.12. The van der Waals surface area contributed by atoms with E-state index in [-0.39, 0.29) is 11.8 Å². The molecule has 0 atom stereocenters. The van der Waals surface area contributed by atoms with E-state index in [0.29, 0.717) is 12.1 Å². The van der Waals surface area contributed by atoms with Gasteiger partial charge in [0.1, 0.15) is 0 Å². The zero-order valence-corrected chi connectivity index (χ0v) is 9.64. The number of carbonyl (C=O) groups is 2. The molecule has 0 fully saturated rings. The van der Waals surface area contributed by atoms with Gasteiger partial charge in [0.25, 0.3) is 11.8 Å². The average Bonchev–Trinajstić information content (AvgIpc) is 2.64. The topological polar surface area (TPSA) is 37.4 Å². The van der Waals surface area contributed by atoms with Gasteiger partial charge in [-0.2, -0.15) is 0 Å². The van der Waals surface area contributed by atoms with Crippen molar-refractivity contribution in [3.05, 3.63) is 48.0 Å². The van der Waals surface area contributed by atoms with E-state index < -0.39 is 0 Å². The minimum Gasteiger partial charge on any atom is -0.275 e. The maximum Gasteiger partial charge on any atom is 0.261 e. The standard InChI is InChI=1S/C14H13NO2/c1-3-10-7-5-6-8-11(10)12-9-13(16)15(4-2)14(12)17/h3,5-9H,1,4H2,2H3. The molecule has 0 N–H and O–H groups in total. The van der Waals surface area contributed by atoms with Crippen LogP contribution in [0.4, 0.5) is 0 Å². The fraction of sp³-hybridized carbons (Fsp3) is 0.143. The number of benzene rings is 1. The predicted molar refractivity (Wildman–Crippen MR) is 66.9 cm³/mol. The molecule has 0 saturated carbocycles. The van der Waals surface area contributed by atoms with Crippen LogP contribution in [-0.2, 0) is 9.59 Å². The monoisotopic (exact) mass is 227 g/mol. The molecule has 1 aromatic rings. The summed E-state index contributed by atoms with van der Waals surface area (Å²) in [5.41, 5.74) is 2.07. The van der Waals surface area contributed by atoms with Crippen LogP contribution in [0.1, 0.15) is 18.1 Å². The van der Waals surface area contributed by atoms with Gasteiger partial charge in [0.15, 0.2) is 0 Å². The Balaban J connectivity index is 2.49. The lowest BCUT2D eigenvalue weighted by Crippen LogP contribution is -2.30. The molecule has 1 aliphatic heterocycles. The molecule has 1 aromatic carbocycles. The number of amides is 2. The van der Waals surface area contributed by atoms with Gasteiger partial charge in [-0.3, -0.25) is 14.5 Å². The zero-order valence-electron chi connectivity index (χ0n) is 9.64. The van der Waals surface area contributed by atoms with Crippen molar-refractivity contribution in [1.82, 2.24) is 4.90 Å². The van der Waals surface area contributed by atoms with Crippen LogP contribution in [0.25, 0.3) is 11.6 Å². The van der Waals surface area contributed by atoms with Crippen LogP contribution in [0.3, 0.4) is 0 Å². The SMILES string of the molecule is C=Cc1ccccc1C1=CC(=O)N(CC)C1=O. The van der Waals surface area contributed by atoms with Gasteiger partial charge in [-0.05, 0) is 18.1 Å². The number of likely N-dealkylation sites (N-methyl/N-ethyl adjacent to an activating group) is 1. The predicted octanol–water partition coefficient (Wildman–Crippen LogP) is 2.10. The Hall–Kier alpha value is -2.16. The molecule has 0 aliphatic carbocycles. The van der Waals surface area contributed by atoms with Gasteiger partial charge in [0, 0.05) is 12.6 Å². The van der Waals surface area contributed by atoms with Gasteiger partial charge in [-0.1, -0.05) is 36.9 Å². The quantitative estimate of drug-likeness (QED) is 0.741. The second-order valence-corrected chi connectivity index (χ2v) is 3.74.